The molecule has 5 nitrogen and oxygen atoms in total. The fourth-order valence-corrected chi connectivity index (χ4v) is 2.85. The molecule has 25 heavy (non-hydrogen) atoms. The van der Waals surface area contributed by atoms with Gasteiger partial charge in [0.05, 0.1) is 12.8 Å². The number of amides is 1. The smallest absolute Gasteiger partial charge is 0.268 e. The molecule has 0 unspecified atom stereocenters. The number of hydrazone groups is 1. The average molecular weight is 418 g/mol. The topological polar surface area (TPSA) is 59.3 Å². The molecule has 0 aliphatic heterocycles. The van der Waals surface area contributed by atoms with E-state index in [0.717, 1.165) is 15.6 Å². The van der Waals surface area contributed by atoms with Crippen LogP contribution < -0.4 is 5.43 Å². The van der Waals surface area contributed by atoms with Crippen molar-refractivity contribution < 1.29 is 4.79 Å². The Morgan fingerprint density at radius 1 is 1.24 bits per heavy atom. The van der Waals surface area contributed by atoms with Crippen LogP contribution in [0.3, 0.4) is 0 Å². The molecule has 1 amide bonds. The van der Waals surface area contributed by atoms with Crippen LogP contribution in [0.4, 0.5) is 0 Å². The first kappa shape index (κ1) is 17.4. The van der Waals surface area contributed by atoms with Crippen LogP contribution in [0, 0.1) is 0 Å². The zero-order valence-electron chi connectivity index (χ0n) is 13.1. The molecule has 3 rings (SSSR count). The van der Waals surface area contributed by atoms with Gasteiger partial charge in [0, 0.05) is 15.7 Å². The summed E-state index contributed by atoms with van der Waals surface area (Å²) in [5.41, 5.74) is 4.65. The molecule has 0 saturated heterocycles. The summed E-state index contributed by atoms with van der Waals surface area (Å²) in [6.45, 7) is 0.582. The summed E-state index contributed by atoms with van der Waals surface area (Å²) in [7, 11) is 0. The third-order valence-electron chi connectivity index (χ3n) is 3.34. The molecule has 0 aliphatic carbocycles. The third-order valence-corrected chi connectivity index (χ3v) is 4.06. The van der Waals surface area contributed by atoms with E-state index in [2.05, 4.69) is 31.6 Å². The van der Waals surface area contributed by atoms with Crippen LogP contribution >= 0.6 is 27.5 Å². The molecule has 0 atom stereocenters. The van der Waals surface area contributed by atoms with Gasteiger partial charge in [-0.25, -0.2) is 5.43 Å². The third kappa shape index (κ3) is 5.01. The molecule has 0 radical (unpaired) electrons. The SMILES string of the molecule is O=C(N/N=C\c1cccc(Cl)c1)c1ccn(Cc2cccc(Br)c2)n1. The Labute approximate surface area is 158 Å². The predicted octanol–water partition coefficient (Wildman–Crippen LogP) is 4.11. The molecule has 2 aromatic carbocycles. The molecular formula is C18H14BrClN4O. The van der Waals surface area contributed by atoms with Crippen LogP contribution in [-0.2, 0) is 6.54 Å². The first-order chi connectivity index (χ1) is 12.1. The van der Waals surface area contributed by atoms with E-state index in [0.29, 0.717) is 17.3 Å². The summed E-state index contributed by atoms with van der Waals surface area (Å²) in [6, 6.07) is 16.8. The summed E-state index contributed by atoms with van der Waals surface area (Å²) < 4.78 is 2.71. The van der Waals surface area contributed by atoms with Crippen LogP contribution in [0.2, 0.25) is 5.02 Å². The number of hydrogen-bond acceptors (Lipinski definition) is 3. The predicted molar refractivity (Wildman–Crippen MR) is 102 cm³/mol. The Bertz CT molecular complexity index is 923. The number of benzene rings is 2. The number of nitrogens with zero attached hydrogens (tertiary/aromatic N) is 3. The Kier molecular flexibility index (Phi) is 5.63. The van der Waals surface area contributed by atoms with E-state index in [1.54, 1.807) is 29.1 Å². The van der Waals surface area contributed by atoms with Gasteiger partial charge in [-0.15, -0.1) is 0 Å². The van der Waals surface area contributed by atoms with Gasteiger partial charge in [0.2, 0.25) is 0 Å². The van der Waals surface area contributed by atoms with Gasteiger partial charge in [0.25, 0.3) is 5.91 Å². The number of rotatable bonds is 5. The van der Waals surface area contributed by atoms with Crippen LogP contribution in [0.1, 0.15) is 21.6 Å². The van der Waals surface area contributed by atoms with Crippen molar-refractivity contribution >= 4 is 39.7 Å². The lowest BCUT2D eigenvalue weighted by molar-refractivity contribution is 0.0949. The van der Waals surface area contributed by atoms with Crippen LogP contribution in [0.15, 0.2) is 70.4 Å². The summed E-state index contributed by atoms with van der Waals surface area (Å²) >= 11 is 9.33. The molecule has 1 N–H and O–H groups in total. The standard InChI is InChI=1S/C18H14BrClN4O/c19-15-5-1-4-14(9-15)12-24-8-7-17(23-24)18(25)22-21-11-13-3-2-6-16(20)10-13/h1-11H,12H2,(H,22,25)/b21-11-. The molecule has 0 spiro atoms. The highest BCUT2D eigenvalue weighted by Crippen LogP contribution is 2.12. The van der Waals surface area contributed by atoms with Gasteiger partial charge in [-0.05, 0) is 41.5 Å². The van der Waals surface area contributed by atoms with Crippen molar-refractivity contribution in [2.75, 3.05) is 0 Å². The number of aromatic nitrogens is 2. The zero-order valence-corrected chi connectivity index (χ0v) is 15.4. The lowest BCUT2D eigenvalue weighted by Crippen LogP contribution is -2.18. The number of nitrogens with one attached hydrogen (secondary N) is 1. The number of halogens is 2. The second kappa shape index (κ2) is 8.09. The molecule has 3 aromatic rings. The Morgan fingerprint density at radius 3 is 2.88 bits per heavy atom. The van der Waals surface area contributed by atoms with Crippen molar-refractivity contribution in [2.45, 2.75) is 6.54 Å². The van der Waals surface area contributed by atoms with Crippen molar-refractivity contribution in [3.8, 4) is 0 Å². The van der Waals surface area contributed by atoms with Gasteiger partial charge < -0.3 is 0 Å². The Hall–Kier alpha value is -2.44. The van der Waals surface area contributed by atoms with Crippen molar-refractivity contribution in [1.82, 2.24) is 15.2 Å². The highest BCUT2D eigenvalue weighted by Gasteiger charge is 2.08. The van der Waals surface area contributed by atoms with Gasteiger partial charge >= 0.3 is 0 Å². The fraction of sp³-hybridized carbons (Fsp3) is 0.0556. The van der Waals surface area contributed by atoms with Crippen molar-refractivity contribution in [3.05, 3.63) is 87.1 Å². The van der Waals surface area contributed by atoms with E-state index in [4.69, 9.17) is 11.6 Å². The van der Waals surface area contributed by atoms with Gasteiger partial charge in [-0.1, -0.05) is 51.8 Å². The van der Waals surface area contributed by atoms with Crippen LogP contribution in [-0.4, -0.2) is 21.9 Å². The molecule has 1 heterocycles. The molecule has 1 aromatic heterocycles. The summed E-state index contributed by atoms with van der Waals surface area (Å²) in [5, 5.41) is 8.81. The number of carbonyl (C=O) groups excluding carboxylic acids is 1. The highest BCUT2D eigenvalue weighted by molar-refractivity contribution is 9.10. The quantitative estimate of drug-likeness (QED) is 0.502. The Morgan fingerprint density at radius 2 is 2.08 bits per heavy atom. The minimum Gasteiger partial charge on any atom is -0.268 e. The number of hydrogen-bond donors (Lipinski definition) is 1. The van der Waals surface area contributed by atoms with E-state index in [9.17, 15) is 4.79 Å². The fourth-order valence-electron chi connectivity index (χ4n) is 2.20. The summed E-state index contributed by atoms with van der Waals surface area (Å²) in [6.07, 6.45) is 3.29. The highest BCUT2D eigenvalue weighted by atomic mass is 79.9. The maximum absolute atomic E-state index is 12.1. The zero-order chi connectivity index (χ0) is 17.6. The van der Waals surface area contributed by atoms with E-state index in [-0.39, 0.29) is 5.91 Å². The molecular weight excluding hydrogens is 404 g/mol. The minimum atomic E-state index is -0.369. The van der Waals surface area contributed by atoms with Crippen LogP contribution in [0.25, 0.3) is 0 Å². The van der Waals surface area contributed by atoms with E-state index < -0.39 is 0 Å². The van der Waals surface area contributed by atoms with Gasteiger partial charge in [-0.3, -0.25) is 9.48 Å². The van der Waals surface area contributed by atoms with Crippen LogP contribution in [0.5, 0.6) is 0 Å². The average Bonchev–Trinajstić information content (AvgIpc) is 3.03. The molecule has 0 aliphatic rings. The summed E-state index contributed by atoms with van der Waals surface area (Å²) in [4.78, 5) is 12.1. The molecule has 7 heteroatoms. The van der Waals surface area contributed by atoms with Gasteiger partial charge in [0.1, 0.15) is 0 Å². The Balaban J connectivity index is 1.60. The number of carbonyl (C=O) groups is 1. The van der Waals surface area contributed by atoms with Crippen molar-refractivity contribution in [1.29, 1.82) is 0 Å². The second-order valence-electron chi connectivity index (χ2n) is 5.28. The minimum absolute atomic E-state index is 0.304. The van der Waals surface area contributed by atoms with Gasteiger partial charge in [0.15, 0.2) is 5.69 Å². The van der Waals surface area contributed by atoms with Crippen molar-refractivity contribution in [2.24, 2.45) is 5.10 Å². The summed E-state index contributed by atoms with van der Waals surface area (Å²) in [5.74, 6) is -0.369. The second-order valence-corrected chi connectivity index (χ2v) is 6.63. The van der Waals surface area contributed by atoms with Gasteiger partial charge in [-0.2, -0.15) is 10.2 Å². The maximum Gasteiger partial charge on any atom is 0.291 e. The normalized spacial score (nSPS) is 11.0. The first-order valence-corrected chi connectivity index (χ1v) is 8.64. The molecule has 0 fully saturated rings. The van der Waals surface area contributed by atoms with E-state index in [1.807, 2.05) is 36.4 Å². The largest absolute Gasteiger partial charge is 0.291 e. The first-order valence-electron chi connectivity index (χ1n) is 7.47. The lowest BCUT2D eigenvalue weighted by Gasteiger charge is -2.02. The van der Waals surface area contributed by atoms with E-state index in [1.165, 1.54) is 6.21 Å². The maximum atomic E-state index is 12.1. The van der Waals surface area contributed by atoms with Crippen molar-refractivity contribution in [3.63, 3.8) is 0 Å². The van der Waals surface area contributed by atoms with E-state index >= 15 is 0 Å². The molecule has 126 valence electrons. The molecule has 0 bridgehead atoms. The monoisotopic (exact) mass is 416 g/mol. The molecule has 0 saturated carbocycles. The lowest BCUT2D eigenvalue weighted by atomic mass is 10.2.